The lowest BCUT2D eigenvalue weighted by molar-refractivity contribution is -0.132. The molecule has 1 aliphatic heterocycles. The van der Waals surface area contributed by atoms with Crippen molar-refractivity contribution in [2.45, 2.75) is 24.7 Å². The summed E-state index contributed by atoms with van der Waals surface area (Å²) in [6.07, 6.45) is 0.872. The molecule has 1 amide bonds. The highest BCUT2D eigenvalue weighted by Crippen LogP contribution is 2.19. The maximum absolute atomic E-state index is 12.9. The van der Waals surface area contributed by atoms with E-state index in [1.807, 2.05) is 13.0 Å². The molecule has 0 radical (unpaired) electrons. The van der Waals surface area contributed by atoms with E-state index < -0.39 is 10.0 Å². The van der Waals surface area contributed by atoms with Gasteiger partial charge >= 0.3 is 0 Å². The molecule has 5 nitrogen and oxygen atoms in total. The van der Waals surface area contributed by atoms with Crippen LogP contribution in [0.25, 0.3) is 0 Å². The van der Waals surface area contributed by atoms with Gasteiger partial charge in [-0.3, -0.25) is 4.79 Å². The van der Waals surface area contributed by atoms with E-state index in [1.54, 1.807) is 35.2 Å². The van der Waals surface area contributed by atoms with Gasteiger partial charge in [-0.2, -0.15) is 4.31 Å². The van der Waals surface area contributed by atoms with Gasteiger partial charge < -0.3 is 4.90 Å². The molecule has 0 aromatic heterocycles. The Morgan fingerprint density at radius 3 is 2.33 bits per heavy atom. The fraction of sp³-hybridized carbons (Fsp3) is 0.350. The zero-order valence-corrected chi connectivity index (χ0v) is 16.1. The van der Waals surface area contributed by atoms with Crippen LogP contribution in [-0.2, 0) is 21.2 Å². The average Bonchev–Trinajstić information content (AvgIpc) is 2.67. The normalized spacial score (nSPS) is 15.7. The van der Waals surface area contributed by atoms with Crippen molar-refractivity contribution >= 4 is 15.9 Å². The number of carbonyl (C=O) groups is 1. The molecule has 0 spiro atoms. The summed E-state index contributed by atoms with van der Waals surface area (Å²) in [5.74, 6) is -0.303. The van der Waals surface area contributed by atoms with Crippen molar-refractivity contribution in [1.82, 2.24) is 9.21 Å². The van der Waals surface area contributed by atoms with Gasteiger partial charge in [-0.25, -0.2) is 12.8 Å². The van der Waals surface area contributed by atoms with Gasteiger partial charge in [-0.05, 0) is 48.7 Å². The Kier molecular flexibility index (Phi) is 5.92. The molecule has 1 heterocycles. The number of benzene rings is 2. The van der Waals surface area contributed by atoms with Crippen molar-refractivity contribution in [2.75, 3.05) is 26.2 Å². The Hall–Kier alpha value is -2.25. The van der Waals surface area contributed by atoms with Crippen molar-refractivity contribution in [3.8, 4) is 0 Å². The standard InChI is InChI=1S/C20H23FN2O3S/c1-16-3-2-4-19(15-16)27(25,26)23-13-11-22(12-14-23)20(24)10-7-17-5-8-18(21)9-6-17/h2-6,8-9,15H,7,10-14H2,1H3. The van der Waals surface area contributed by atoms with Crippen LogP contribution in [0.3, 0.4) is 0 Å². The molecule has 7 heteroatoms. The van der Waals surface area contributed by atoms with Crippen LogP contribution in [0.15, 0.2) is 53.4 Å². The third kappa shape index (κ3) is 4.73. The smallest absolute Gasteiger partial charge is 0.243 e. The van der Waals surface area contributed by atoms with Gasteiger partial charge in [0.25, 0.3) is 0 Å². The maximum atomic E-state index is 12.9. The number of nitrogens with zero attached hydrogens (tertiary/aromatic N) is 2. The molecular weight excluding hydrogens is 367 g/mol. The van der Waals surface area contributed by atoms with Crippen LogP contribution in [0.4, 0.5) is 4.39 Å². The molecule has 2 aromatic carbocycles. The van der Waals surface area contributed by atoms with Crippen molar-refractivity contribution in [3.05, 3.63) is 65.5 Å². The van der Waals surface area contributed by atoms with E-state index in [2.05, 4.69) is 0 Å². The second-order valence-corrected chi connectivity index (χ2v) is 8.67. The van der Waals surface area contributed by atoms with E-state index in [-0.39, 0.29) is 11.7 Å². The number of hydrogen-bond donors (Lipinski definition) is 0. The lowest BCUT2D eigenvalue weighted by atomic mass is 10.1. The van der Waals surface area contributed by atoms with E-state index in [1.165, 1.54) is 16.4 Å². The summed E-state index contributed by atoms with van der Waals surface area (Å²) in [4.78, 5) is 14.4. The van der Waals surface area contributed by atoms with Gasteiger partial charge in [0.2, 0.25) is 15.9 Å². The molecule has 0 atom stereocenters. The zero-order chi connectivity index (χ0) is 19.4. The molecule has 144 valence electrons. The van der Waals surface area contributed by atoms with Crippen LogP contribution in [-0.4, -0.2) is 49.7 Å². The predicted molar refractivity (Wildman–Crippen MR) is 101 cm³/mol. The minimum absolute atomic E-state index is 0.00747. The second kappa shape index (κ2) is 8.19. The van der Waals surface area contributed by atoms with Crippen LogP contribution in [0.1, 0.15) is 17.5 Å². The SMILES string of the molecule is Cc1cccc(S(=O)(=O)N2CCN(C(=O)CCc3ccc(F)cc3)CC2)c1. The first-order valence-electron chi connectivity index (χ1n) is 8.95. The van der Waals surface area contributed by atoms with E-state index in [4.69, 9.17) is 0 Å². The summed E-state index contributed by atoms with van der Waals surface area (Å²) in [7, 11) is -3.53. The van der Waals surface area contributed by atoms with Gasteiger partial charge in [0.05, 0.1) is 4.90 Å². The van der Waals surface area contributed by atoms with Crippen LogP contribution in [0.2, 0.25) is 0 Å². The Balaban J connectivity index is 1.55. The van der Waals surface area contributed by atoms with E-state index in [9.17, 15) is 17.6 Å². The molecule has 0 unspecified atom stereocenters. The molecular formula is C20H23FN2O3S. The average molecular weight is 390 g/mol. The van der Waals surface area contributed by atoms with Gasteiger partial charge in [0.1, 0.15) is 5.82 Å². The largest absolute Gasteiger partial charge is 0.340 e. The van der Waals surface area contributed by atoms with Crippen molar-refractivity contribution in [1.29, 1.82) is 0 Å². The van der Waals surface area contributed by atoms with Crippen molar-refractivity contribution < 1.29 is 17.6 Å². The highest BCUT2D eigenvalue weighted by molar-refractivity contribution is 7.89. The van der Waals surface area contributed by atoms with E-state index in [0.29, 0.717) is 43.9 Å². The highest BCUT2D eigenvalue weighted by atomic mass is 32.2. The Morgan fingerprint density at radius 1 is 1.04 bits per heavy atom. The summed E-state index contributed by atoms with van der Waals surface area (Å²) in [5, 5.41) is 0. The topological polar surface area (TPSA) is 57.7 Å². The van der Waals surface area contributed by atoms with Crippen molar-refractivity contribution in [3.63, 3.8) is 0 Å². The third-order valence-corrected chi connectivity index (χ3v) is 6.65. The molecule has 0 bridgehead atoms. The number of sulfonamides is 1. The number of piperazine rings is 1. The summed E-state index contributed by atoms with van der Waals surface area (Å²) < 4.78 is 39.9. The number of halogens is 1. The maximum Gasteiger partial charge on any atom is 0.243 e. The summed E-state index contributed by atoms with van der Waals surface area (Å²) in [6, 6.07) is 13.0. The summed E-state index contributed by atoms with van der Waals surface area (Å²) in [6.45, 7) is 3.20. The lowest BCUT2D eigenvalue weighted by Crippen LogP contribution is -2.50. The number of carbonyl (C=O) groups excluding carboxylic acids is 1. The molecule has 3 rings (SSSR count). The molecule has 0 saturated carbocycles. The van der Waals surface area contributed by atoms with Gasteiger partial charge in [0.15, 0.2) is 0 Å². The van der Waals surface area contributed by atoms with Crippen LogP contribution >= 0.6 is 0 Å². The molecule has 1 aliphatic rings. The number of hydrogen-bond acceptors (Lipinski definition) is 3. The highest BCUT2D eigenvalue weighted by Gasteiger charge is 2.29. The first-order chi connectivity index (χ1) is 12.9. The quantitative estimate of drug-likeness (QED) is 0.789. The second-order valence-electron chi connectivity index (χ2n) is 6.73. The summed E-state index contributed by atoms with van der Waals surface area (Å²) in [5.41, 5.74) is 1.80. The van der Waals surface area contributed by atoms with E-state index in [0.717, 1.165) is 11.1 Å². The van der Waals surface area contributed by atoms with E-state index >= 15 is 0 Å². The Bertz CT molecular complexity index is 905. The first-order valence-corrected chi connectivity index (χ1v) is 10.4. The molecule has 1 fully saturated rings. The minimum Gasteiger partial charge on any atom is -0.340 e. The molecule has 0 aliphatic carbocycles. The fourth-order valence-corrected chi connectivity index (χ4v) is 4.69. The molecule has 0 N–H and O–H groups in total. The van der Waals surface area contributed by atoms with Gasteiger partial charge in [0, 0.05) is 32.6 Å². The van der Waals surface area contributed by atoms with Crippen LogP contribution in [0.5, 0.6) is 0 Å². The van der Waals surface area contributed by atoms with Gasteiger partial charge in [-0.1, -0.05) is 24.3 Å². The predicted octanol–water partition coefficient (Wildman–Crippen LogP) is 2.60. The Morgan fingerprint density at radius 2 is 1.70 bits per heavy atom. The van der Waals surface area contributed by atoms with Crippen molar-refractivity contribution in [2.24, 2.45) is 0 Å². The summed E-state index contributed by atoms with van der Waals surface area (Å²) >= 11 is 0. The zero-order valence-electron chi connectivity index (χ0n) is 15.3. The van der Waals surface area contributed by atoms with Crippen LogP contribution < -0.4 is 0 Å². The first kappa shape index (κ1) is 19.5. The molecule has 27 heavy (non-hydrogen) atoms. The minimum atomic E-state index is -3.53. The van der Waals surface area contributed by atoms with Crippen LogP contribution in [0, 0.1) is 12.7 Å². The number of aryl methyl sites for hydroxylation is 2. The fourth-order valence-electron chi connectivity index (χ4n) is 3.16. The third-order valence-electron chi connectivity index (χ3n) is 4.76. The molecule has 1 saturated heterocycles. The number of amides is 1. The molecule has 2 aromatic rings. The monoisotopic (exact) mass is 390 g/mol. The van der Waals surface area contributed by atoms with Gasteiger partial charge in [-0.15, -0.1) is 0 Å². The number of rotatable bonds is 5. The lowest BCUT2D eigenvalue weighted by Gasteiger charge is -2.34. The Labute approximate surface area is 159 Å².